The van der Waals surface area contributed by atoms with Crippen molar-refractivity contribution >= 4 is 17.4 Å². The van der Waals surface area contributed by atoms with E-state index in [1.807, 2.05) is 13.8 Å². The second kappa shape index (κ2) is 10.8. The van der Waals surface area contributed by atoms with Crippen LogP contribution in [0.1, 0.15) is 37.4 Å². The van der Waals surface area contributed by atoms with Gasteiger partial charge in [-0.15, -0.1) is 0 Å². The molecule has 1 amide bonds. The van der Waals surface area contributed by atoms with Crippen molar-refractivity contribution in [2.45, 2.75) is 26.3 Å². The molecule has 32 heavy (non-hydrogen) atoms. The number of nitrogens with zero attached hydrogens (tertiary/aromatic N) is 1. The van der Waals surface area contributed by atoms with Crippen LogP contribution in [0.15, 0.2) is 54.1 Å². The third-order valence-corrected chi connectivity index (χ3v) is 5.18. The fraction of sp³-hybridized carbons (Fsp3) is 0.360. The largest absolute Gasteiger partial charge is 0.507 e. The van der Waals surface area contributed by atoms with E-state index in [1.54, 1.807) is 48.5 Å². The Morgan fingerprint density at radius 1 is 0.938 bits per heavy atom. The summed E-state index contributed by atoms with van der Waals surface area (Å²) >= 11 is 0. The minimum atomic E-state index is -0.725. The van der Waals surface area contributed by atoms with Crippen molar-refractivity contribution in [2.75, 3.05) is 33.5 Å². The summed E-state index contributed by atoms with van der Waals surface area (Å²) in [5.74, 6) is -0.238. The van der Waals surface area contributed by atoms with Crippen LogP contribution in [0, 0.1) is 0 Å². The van der Waals surface area contributed by atoms with Crippen LogP contribution in [0.25, 0.3) is 5.76 Å². The maximum Gasteiger partial charge on any atom is 0.295 e. The molecule has 0 spiro atoms. The van der Waals surface area contributed by atoms with Crippen molar-refractivity contribution in [3.05, 3.63) is 65.2 Å². The highest BCUT2D eigenvalue weighted by Crippen LogP contribution is 2.39. The second-order valence-electron chi connectivity index (χ2n) is 7.36. The molecular weight excluding hydrogens is 410 g/mol. The Hall–Kier alpha value is -3.32. The van der Waals surface area contributed by atoms with Crippen LogP contribution in [0.5, 0.6) is 11.5 Å². The fourth-order valence-electron chi connectivity index (χ4n) is 3.64. The van der Waals surface area contributed by atoms with E-state index in [4.69, 9.17) is 14.2 Å². The average molecular weight is 440 g/mol. The van der Waals surface area contributed by atoms with Gasteiger partial charge in [-0.3, -0.25) is 9.59 Å². The maximum absolute atomic E-state index is 13.0. The van der Waals surface area contributed by atoms with Gasteiger partial charge in [-0.2, -0.15) is 0 Å². The highest BCUT2D eigenvalue weighted by molar-refractivity contribution is 6.46. The standard InChI is InChI=1S/C25H29NO6/c1-4-15-32-20-12-8-18(9-13-20)23(27)21-22(17-6-10-19(11-7-17)31-5-2)26(14-16-30-3)25(29)24(21)28/h6-13,22,27H,4-5,14-16H2,1-3H3/b23-21-. The van der Waals surface area contributed by atoms with Crippen molar-refractivity contribution in [3.8, 4) is 11.5 Å². The Labute approximate surface area is 188 Å². The summed E-state index contributed by atoms with van der Waals surface area (Å²) in [6, 6.07) is 13.3. The van der Waals surface area contributed by atoms with E-state index in [9.17, 15) is 14.7 Å². The first-order valence-corrected chi connectivity index (χ1v) is 10.7. The monoisotopic (exact) mass is 439 g/mol. The van der Waals surface area contributed by atoms with Crippen LogP contribution in [0.4, 0.5) is 0 Å². The van der Waals surface area contributed by atoms with Crippen LogP contribution < -0.4 is 9.47 Å². The van der Waals surface area contributed by atoms with Crippen molar-refractivity contribution in [3.63, 3.8) is 0 Å². The van der Waals surface area contributed by atoms with Crippen LogP contribution in [0.3, 0.4) is 0 Å². The first-order chi connectivity index (χ1) is 15.5. The van der Waals surface area contributed by atoms with Gasteiger partial charge in [-0.1, -0.05) is 19.1 Å². The van der Waals surface area contributed by atoms with Gasteiger partial charge in [0, 0.05) is 19.2 Å². The Balaban J connectivity index is 2.03. The summed E-state index contributed by atoms with van der Waals surface area (Å²) in [6.07, 6.45) is 0.884. The zero-order valence-electron chi connectivity index (χ0n) is 18.7. The van der Waals surface area contributed by atoms with Crippen LogP contribution in [0.2, 0.25) is 0 Å². The Morgan fingerprint density at radius 3 is 2.16 bits per heavy atom. The van der Waals surface area contributed by atoms with Crippen molar-refractivity contribution in [2.24, 2.45) is 0 Å². The molecule has 1 atom stereocenters. The molecule has 0 saturated carbocycles. The molecule has 1 aliphatic rings. The predicted molar refractivity (Wildman–Crippen MR) is 121 cm³/mol. The van der Waals surface area contributed by atoms with Crippen molar-refractivity contribution < 1.29 is 28.9 Å². The lowest BCUT2D eigenvalue weighted by molar-refractivity contribution is -0.140. The Morgan fingerprint density at radius 2 is 1.56 bits per heavy atom. The van der Waals surface area contributed by atoms with E-state index < -0.39 is 17.7 Å². The minimum absolute atomic E-state index is 0.0532. The van der Waals surface area contributed by atoms with Gasteiger partial charge in [-0.25, -0.2) is 0 Å². The first-order valence-electron chi connectivity index (χ1n) is 10.7. The van der Waals surface area contributed by atoms with Crippen molar-refractivity contribution in [1.82, 2.24) is 4.90 Å². The molecule has 1 N–H and O–H groups in total. The number of hydrogen-bond acceptors (Lipinski definition) is 6. The number of methoxy groups -OCH3 is 1. The zero-order valence-corrected chi connectivity index (χ0v) is 18.7. The molecule has 7 nitrogen and oxygen atoms in total. The quantitative estimate of drug-likeness (QED) is 0.343. The number of aliphatic hydroxyl groups excluding tert-OH is 1. The van der Waals surface area contributed by atoms with Crippen molar-refractivity contribution in [1.29, 1.82) is 0 Å². The van der Waals surface area contributed by atoms with E-state index in [0.29, 0.717) is 35.8 Å². The molecular formula is C25H29NO6. The molecule has 1 saturated heterocycles. The number of amides is 1. The molecule has 1 heterocycles. The van der Waals surface area contributed by atoms with Crippen LogP contribution >= 0.6 is 0 Å². The van der Waals surface area contributed by atoms with E-state index in [0.717, 1.165) is 6.42 Å². The maximum atomic E-state index is 13.0. The fourth-order valence-corrected chi connectivity index (χ4v) is 3.64. The average Bonchev–Trinajstić information content (AvgIpc) is 3.06. The number of ether oxygens (including phenoxy) is 3. The number of benzene rings is 2. The number of likely N-dealkylation sites (tertiary alicyclic amines) is 1. The van der Waals surface area contributed by atoms with Gasteiger partial charge >= 0.3 is 0 Å². The lowest BCUT2D eigenvalue weighted by atomic mass is 9.95. The summed E-state index contributed by atoms with van der Waals surface area (Å²) < 4.78 is 16.2. The molecule has 1 fully saturated rings. The smallest absolute Gasteiger partial charge is 0.295 e. The van der Waals surface area contributed by atoms with Gasteiger partial charge in [0.1, 0.15) is 17.3 Å². The molecule has 3 rings (SSSR count). The molecule has 7 heteroatoms. The number of carbonyl (C=O) groups is 2. The molecule has 0 radical (unpaired) electrons. The zero-order chi connectivity index (χ0) is 23.1. The Bertz CT molecular complexity index is 965. The first kappa shape index (κ1) is 23.3. The number of rotatable bonds is 10. The minimum Gasteiger partial charge on any atom is -0.507 e. The summed E-state index contributed by atoms with van der Waals surface area (Å²) in [6.45, 7) is 5.52. The Kier molecular flexibility index (Phi) is 7.89. The second-order valence-corrected chi connectivity index (χ2v) is 7.36. The highest BCUT2D eigenvalue weighted by Gasteiger charge is 2.45. The van der Waals surface area contributed by atoms with Gasteiger partial charge in [0.2, 0.25) is 0 Å². The molecule has 2 aromatic carbocycles. The van der Waals surface area contributed by atoms with Crippen LogP contribution in [-0.2, 0) is 14.3 Å². The lowest BCUT2D eigenvalue weighted by Crippen LogP contribution is -2.32. The lowest BCUT2D eigenvalue weighted by Gasteiger charge is -2.25. The SMILES string of the molecule is CCCOc1ccc(/C(O)=C2/C(=O)C(=O)N(CCOC)C2c2ccc(OCC)cc2)cc1. The number of ketones is 1. The van der Waals surface area contributed by atoms with Gasteiger partial charge in [0.05, 0.1) is 31.4 Å². The van der Waals surface area contributed by atoms with Crippen LogP contribution in [-0.4, -0.2) is 55.2 Å². The molecule has 0 bridgehead atoms. The number of Topliss-reactive ketones (excluding diaryl/α,β-unsaturated/α-hetero) is 1. The molecule has 2 aromatic rings. The predicted octanol–water partition coefficient (Wildman–Crippen LogP) is 3.94. The summed E-state index contributed by atoms with van der Waals surface area (Å²) in [5.41, 5.74) is 1.19. The van der Waals surface area contributed by atoms with E-state index in [2.05, 4.69) is 0 Å². The molecule has 170 valence electrons. The topological polar surface area (TPSA) is 85.3 Å². The summed E-state index contributed by atoms with van der Waals surface area (Å²) in [5, 5.41) is 11.1. The molecule has 0 aliphatic carbocycles. The molecule has 0 aromatic heterocycles. The highest BCUT2D eigenvalue weighted by atomic mass is 16.5. The van der Waals surface area contributed by atoms with Gasteiger partial charge < -0.3 is 24.2 Å². The van der Waals surface area contributed by atoms with Gasteiger partial charge in [0.15, 0.2) is 0 Å². The molecule has 1 aliphatic heterocycles. The number of hydrogen-bond donors (Lipinski definition) is 1. The number of aliphatic hydroxyl groups is 1. The number of carbonyl (C=O) groups excluding carboxylic acids is 2. The summed E-state index contributed by atoms with van der Waals surface area (Å²) in [7, 11) is 1.53. The third kappa shape index (κ3) is 4.94. The van der Waals surface area contributed by atoms with Gasteiger partial charge in [-0.05, 0) is 55.3 Å². The molecule has 1 unspecified atom stereocenters. The van der Waals surface area contributed by atoms with E-state index >= 15 is 0 Å². The van der Waals surface area contributed by atoms with E-state index in [1.165, 1.54) is 12.0 Å². The van der Waals surface area contributed by atoms with E-state index in [-0.39, 0.29) is 24.5 Å². The normalized spacial score (nSPS) is 17.6. The van der Waals surface area contributed by atoms with Gasteiger partial charge in [0.25, 0.3) is 11.7 Å². The summed E-state index contributed by atoms with van der Waals surface area (Å²) in [4.78, 5) is 27.2. The third-order valence-electron chi connectivity index (χ3n) is 5.18.